The van der Waals surface area contributed by atoms with Crippen LogP contribution in [-0.4, -0.2) is 22.1 Å². The molecule has 2 aromatic rings. The molecule has 104 valence electrons. The lowest BCUT2D eigenvalue weighted by Gasteiger charge is -2.16. The number of aryl methyl sites for hydroxylation is 1. The molecule has 3 nitrogen and oxygen atoms in total. The molecule has 0 amide bonds. The van der Waals surface area contributed by atoms with Crippen molar-refractivity contribution >= 4 is 11.0 Å². The zero-order valence-electron chi connectivity index (χ0n) is 12.1. The molecule has 0 aliphatic heterocycles. The van der Waals surface area contributed by atoms with Gasteiger partial charge in [-0.3, -0.25) is 0 Å². The molecule has 1 N–H and O–H groups in total. The van der Waals surface area contributed by atoms with Crippen LogP contribution in [0.2, 0.25) is 0 Å². The van der Waals surface area contributed by atoms with Gasteiger partial charge in [-0.2, -0.15) is 0 Å². The molecule has 1 atom stereocenters. The van der Waals surface area contributed by atoms with E-state index in [2.05, 4.69) is 46.9 Å². The quantitative estimate of drug-likeness (QED) is 0.785. The Kier molecular flexibility index (Phi) is 5.40. The van der Waals surface area contributed by atoms with Gasteiger partial charge in [-0.1, -0.05) is 26.0 Å². The second-order valence-electron chi connectivity index (χ2n) is 5.13. The van der Waals surface area contributed by atoms with Gasteiger partial charge in [0, 0.05) is 12.6 Å². The Morgan fingerprint density at radius 1 is 1.26 bits per heavy atom. The maximum absolute atomic E-state index is 4.43. The van der Waals surface area contributed by atoms with Gasteiger partial charge in [0.1, 0.15) is 0 Å². The van der Waals surface area contributed by atoms with Crippen molar-refractivity contribution in [1.29, 1.82) is 0 Å². The highest BCUT2D eigenvalue weighted by Gasteiger charge is 2.06. The largest absolute Gasteiger partial charge is 0.331 e. The van der Waals surface area contributed by atoms with Crippen LogP contribution in [0.25, 0.3) is 11.0 Å². The Morgan fingerprint density at radius 3 is 2.89 bits per heavy atom. The van der Waals surface area contributed by atoms with Crippen molar-refractivity contribution in [3.63, 3.8) is 0 Å². The number of hydrogen-bond acceptors (Lipinski definition) is 2. The van der Waals surface area contributed by atoms with E-state index in [0.29, 0.717) is 6.04 Å². The van der Waals surface area contributed by atoms with Crippen molar-refractivity contribution in [2.75, 3.05) is 6.54 Å². The third kappa shape index (κ3) is 3.80. The number of nitrogens with zero attached hydrogens (tertiary/aromatic N) is 2. The van der Waals surface area contributed by atoms with Gasteiger partial charge in [-0.05, 0) is 44.4 Å². The molecule has 3 heteroatoms. The Bertz CT molecular complexity index is 489. The van der Waals surface area contributed by atoms with Gasteiger partial charge >= 0.3 is 0 Å². The zero-order chi connectivity index (χ0) is 13.5. The highest BCUT2D eigenvalue weighted by molar-refractivity contribution is 5.74. The number of imidazole rings is 1. The van der Waals surface area contributed by atoms with E-state index in [1.807, 2.05) is 12.4 Å². The van der Waals surface area contributed by atoms with Crippen LogP contribution in [0, 0.1) is 0 Å². The van der Waals surface area contributed by atoms with E-state index in [4.69, 9.17) is 0 Å². The number of fused-ring (bicyclic) bond motifs is 1. The van der Waals surface area contributed by atoms with E-state index < -0.39 is 0 Å². The molecule has 0 saturated heterocycles. The summed E-state index contributed by atoms with van der Waals surface area (Å²) in [5, 5.41) is 3.61. The zero-order valence-corrected chi connectivity index (χ0v) is 12.1. The first-order chi connectivity index (χ1) is 9.35. The summed E-state index contributed by atoms with van der Waals surface area (Å²) in [6.07, 6.45) is 6.83. The topological polar surface area (TPSA) is 29.9 Å². The summed E-state index contributed by atoms with van der Waals surface area (Å²) in [6.45, 7) is 6.68. The predicted octanol–water partition coefficient (Wildman–Crippen LogP) is 3.59. The number of rotatable bonds is 8. The third-order valence-electron chi connectivity index (χ3n) is 3.65. The maximum atomic E-state index is 4.43. The third-order valence-corrected chi connectivity index (χ3v) is 3.65. The molecule has 0 radical (unpaired) electrons. The van der Waals surface area contributed by atoms with E-state index in [1.54, 1.807) is 0 Å². The summed E-state index contributed by atoms with van der Waals surface area (Å²) in [7, 11) is 0. The highest BCUT2D eigenvalue weighted by atomic mass is 15.0. The molecule has 0 aliphatic rings. The number of nitrogens with one attached hydrogen (secondary N) is 1. The van der Waals surface area contributed by atoms with Gasteiger partial charge < -0.3 is 9.88 Å². The van der Waals surface area contributed by atoms with Crippen molar-refractivity contribution in [2.45, 2.75) is 52.1 Å². The molecule has 2 rings (SSSR count). The monoisotopic (exact) mass is 259 g/mol. The number of benzene rings is 1. The molecule has 1 unspecified atom stereocenters. The molecular weight excluding hydrogens is 234 g/mol. The predicted molar refractivity (Wildman–Crippen MR) is 81.3 cm³/mol. The molecule has 1 heterocycles. The van der Waals surface area contributed by atoms with Crippen molar-refractivity contribution in [3.05, 3.63) is 30.6 Å². The van der Waals surface area contributed by atoms with Crippen LogP contribution in [0.3, 0.4) is 0 Å². The van der Waals surface area contributed by atoms with Crippen LogP contribution in [0.15, 0.2) is 30.6 Å². The SMILES string of the molecule is CCCNC(CC)CCCn1cnc2ccccc21. The first-order valence-corrected chi connectivity index (χ1v) is 7.48. The average molecular weight is 259 g/mol. The van der Waals surface area contributed by atoms with Crippen LogP contribution in [0.4, 0.5) is 0 Å². The fraction of sp³-hybridized carbons (Fsp3) is 0.562. The van der Waals surface area contributed by atoms with Crippen molar-refractivity contribution in [3.8, 4) is 0 Å². The second kappa shape index (κ2) is 7.29. The molecule has 0 aliphatic carbocycles. The molecule has 0 fully saturated rings. The van der Waals surface area contributed by atoms with Crippen molar-refractivity contribution in [1.82, 2.24) is 14.9 Å². The molecular formula is C16H25N3. The number of aromatic nitrogens is 2. The van der Waals surface area contributed by atoms with Gasteiger partial charge in [0.05, 0.1) is 17.4 Å². The van der Waals surface area contributed by atoms with Crippen LogP contribution < -0.4 is 5.32 Å². The molecule has 1 aromatic heterocycles. The van der Waals surface area contributed by atoms with Crippen molar-refractivity contribution in [2.24, 2.45) is 0 Å². The lowest BCUT2D eigenvalue weighted by atomic mass is 10.1. The van der Waals surface area contributed by atoms with E-state index >= 15 is 0 Å². The summed E-state index contributed by atoms with van der Waals surface area (Å²) < 4.78 is 2.27. The molecule has 0 spiro atoms. The summed E-state index contributed by atoms with van der Waals surface area (Å²) >= 11 is 0. The minimum absolute atomic E-state index is 0.662. The van der Waals surface area contributed by atoms with Gasteiger partial charge in [0.2, 0.25) is 0 Å². The molecule has 1 aromatic carbocycles. The first kappa shape index (κ1) is 14.1. The minimum atomic E-state index is 0.662. The van der Waals surface area contributed by atoms with Crippen LogP contribution in [0.5, 0.6) is 0 Å². The van der Waals surface area contributed by atoms with Gasteiger partial charge in [0.25, 0.3) is 0 Å². The molecule has 0 saturated carbocycles. The average Bonchev–Trinajstić information content (AvgIpc) is 2.86. The van der Waals surface area contributed by atoms with E-state index in [1.165, 1.54) is 31.2 Å². The molecule has 0 bridgehead atoms. The first-order valence-electron chi connectivity index (χ1n) is 7.48. The number of para-hydroxylation sites is 2. The Morgan fingerprint density at radius 2 is 2.11 bits per heavy atom. The van der Waals surface area contributed by atoms with E-state index in [0.717, 1.165) is 18.6 Å². The van der Waals surface area contributed by atoms with E-state index in [-0.39, 0.29) is 0 Å². The minimum Gasteiger partial charge on any atom is -0.331 e. The Balaban J connectivity index is 1.85. The summed E-state index contributed by atoms with van der Waals surface area (Å²) in [5.74, 6) is 0. The summed E-state index contributed by atoms with van der Waals surface area (Å²) in [4.78, 5) is 4.43. The Hall–Kier alpha value is -1.35. The van der Waals surface area contributed by atoms with Gasteiger partial charge in [0.15, 0.2) is 0 Å². The highest BCUT2D eigenvalue weighted by Crippen LogP contribution is 2.13. The standard InChI is InChI=1S/C16H25N3/c1-3-11-17-14(4-2)8-7-12-19-13-18-15-9-5-6-10-16(15)19/h5-6,9-10,13-14,17H,3-4,7-8,11-12H2,1-2H3. The summed E-state index contributed by atoms with van der Waals surface area (Å²) in [6, 6.07) is 9.01. The molecule has 19 heavy (non-hydrogen) atoms. The fourth-order valence-corrected chi connectivity index (χ4v) is 2.50. The van der Waals surface area contributed by atoms with Crippen LogP contribution in [-0.2, 0) is 6.54 Å². The maximum Gasteiger partial charge on any atom is 0.0958 e. The lowest BCUT2D eigenvalue weighted by molar-refractivity contribution is 0.441. The Labute approximate surface area is 116 Å². The summed E-state index contributed by atoms with van der Waals surface area (Å²) in [5.41, 5.74) is 2.34. The number of hydrogen-bond donors (Lipinski definition) is 1. The lowest BCUT2D eigenvalue weighted by Crippen LogP contribution is -2.29. The van der Waals surface area contributed by atoms with E-state index in [9.17, 15) is 0 Å². The van der Waals surface area contributed by atoms with Crippen molar-refractivity contribution < 1.29 is 0 Å². The second-order valence-corrected chi connectivity index (χ2v) is 5.13. The normalized spacial score (nSPS) is 12.9. The van der Waals surface area contributed by atoms with Crippen LogP contribution in [0.1, 0.15) is 39.5 Å². The van der Waals surface area contributed by atoms with Crippen LogP contribution >= 0.6 is 0 Å². The van der Waals surface area contributed by atoms with Gasteiger partial charge in [-0.25, -0.2) is 4.98 Å². The fourth-order valence-electron chi connectivity index (χ4n) is 2.50. The smallest absolute Gasteiger partial charge is 0.0958 e. The van der Waals surface area contributed by atoms with Gasteiger partial charge in [-0.15, -0.1) is 0 Å².